The number of pyridine rings is 1. The van der Waals surface area contributed by atoms with Crippen molar-refractivity contribution < 1.29 is 23.5 Å². The maximum absolute atomic E-state index is 14.1. The third kappa shape index (κ3) is 5.77. The van der Waals surface area contributed by atoms with Gasteiger partial charge in [-0.05, 0) is 69.6 Å². The largest absolute Gasteiger partial charge is 0.493 e. The summed E-state index contributed by atoms with van der Waals surface area (Å²) in [6.07, 6.45) is 7.10. The Balaban J connectivity index is 1.33. The molecule has 0 unspecified atom stereocenters. The van der Waals surface area contributed by atoms with E-state index >= 15 is 0 Å². The summed E-state index contributed by atoms with van der Waals surface area (Å²) in [4.78, 5) is 33.0. The van der Waals surface area contributed by atoms with Crippen molar-refractivity contribution in [2.45, 2.75) is 57.5 Å². The number of carbonyl (C=O) groups is 2. The average Bonchev–Trinajstić information content (AvgIpc) is 3.64. The van der Waals surface area contributed by atoms with Crippen LogP contribution in [0.3, 0.4) is 0 Å². The summed E-state index contributed by atoms with van der Waals surface area (Å²) in [6, 6.07) is 6.53. The fourth-order valence-electron chi connectivity index (χ4n) is 5.08. The Kier molecular flexibility index (Phi) is 7.41. The SMILES string of the molecule is COCC(=O)N[C@H]1CC[C@@H](NC(=O)c2c(C)[nH]c3c(-c4ccc(F)cc4OCC4CC4)ccnc23)CC1. The van der Waals surface area contributed by atoms with Gasteiger partial charge in [-0.3, -0.25) is 14.6 Å². The molecule has 2 aliphatic carbocycles. The zero-order chi connectivity index (χ0) is 25.9. The van der Waals surface area contributed by atoms with Crippen LogP contribution < -0.4 is 15.4 Å². The van der Waals surface area contributed by atoms with Gasteiger partial charge in [0.1, 0.15) is 23.7 Å². The molecule has 3 aromatic rings. The van der Waals surface area contributed by atoms with E-state index < -0.39 is 0 Å². The third-order valence-electron chi connectivity index (χ3n) is 7.21. The molecule has 2 saturated carbocycles. The van der Waals surface area contributed by atoms with E-state index in [0.717, 1.165) is 60.9 Å². The van der Waals surface area contributed by atoms with Crippen molar-refractivity contribution in [2.24, 2.45) is 5.92 Å². The molecule has 2 fully saturated rings. The molecule has 1 aromatic carbocycles. The highest BCUT2D eigenvalue weighted by atomic mass is 19.1. The van der Waals surface area contributed by atoms with Crippen molar-refractivity contribution in [2.75, 3.05) is 20.3 Å². The van der Waals surface area contributed by atoms with Crippen LogP contribution in [0.25, 0.3) is 22.2 Å². The maximum atomic E-state index is 14.1. The lowest BCUT2D eigenvalue weighted by Gasteiger charge is -2.29. The van der Waals surface area contributed by atoms with Crippen LogP contribution in [0.1, 0.15) is 54.6 Å². The number of aryl methyl sites for hydroxylation is 1. The first-order chi connectivity index (χ1) is 17.9. The van der Waals surface area contributed by atoms with E-state index in [1.165, 1.54) is 19.2 Å². The molecule has 5 rings (SSSR count). The van der Waals surface area contributed by atoms with Gasteiger partial charge in [0, 0.05) is 48.3 Å². The number of aromatic amines is 1. The standard InChI is InChI=1S/C28H33FN4O4/c1-16-25(28(35)33-20-8-6-19(7-9-20)32-24(34)15-36-2)27-26(31-16)22(11-12-30-27)21-10-5-18(29)13-23(21)37-14-17-3-4-17/h5,10-13,17,19-20,31H,3-4,6-9,14-15H2,1-2H3,(H,32,34)(H,33,35)/t19-,20+. The van der Waals surface area contributed by atoms with Crippen molar-refractivity contribution in [1.82, 2.24) is 20.6 Å². The highest BCUT2D eigenvalue weighted by Crippen LogP contribution is 2.38. The van der Waals surface area contributed by atoms with Crippen molar-refractivity contribution in [1.29, 1.82) is 0 Å². The minimum atomic E-state index is -0.351. The zero-order valence-electron chi connectivity index (χ0n) is 21.2. The van der Waals surface area contributed by atoms with Gasteiger partial charge in [0.2, 0.25) is 5.91 Å². The molecule has 2 amide bonds. The predicted octanol–water partition coefficient (Wildman–Crippen LogP) is 4.27. The monoisotopic (exact) mass is 508 g/mol. The molecule has 2 heterocycles. The fourth-order valence-corrected chi connectivity index (χ4v) is 5.08. The summed E-state index contributed by atoms with van der Waals surface area (Å²) in [5, 5.41) is 6.14. The molecule has 37 heavy (non-hydrogen) atoms. The van der Waals surface area contributed by atoms with E-state index in [0.29, 0.717) is 29.4 Å². The van der Waals surface area contributed by atoms with E-state index in [9.17, 15) is 14.0 Å². The third-order valence-corrected chi connectivity index (χ3v) is 7.21. The van der Waals surface area contributed by atoms with Gasteiger partial charge in [0.05, 0.1) is 17.7 Å². The second-order valence-electron chi connectivity index (χ2n) is 10.1. The van der Waals surface area contributed by atoms with Gasteiger partial charge < -0.3 is 25.1 Å². The predicted molar refractivity (Wildman–Crippen MR) is 138 cm³/mol. The Bertz CT molecular complexity index is 1290. The van der Waals surface area contributed by atoms with Crippen molar-refractivity contribution in [3.05, 3.63) is 47.5 Å². The van der Waals surface area contributed by atoms with Gasteiger partial charge in [0.15, 0.2) is 0 Å². The van der Waals surface area contributed by atoms with Gasteiger partial charge in [-0.1, -0.05) is 0 Å². The highest BCUT2D eigenvalue weighted by molar-refractivity contribution is 6.09. The van der Waals surface area contributed by atoms with Gasteiger partial charge in [0.25, 0.3) is 5.91 Å². The summed E-state index contributed by atoms with van der Waals surface area (Å²) in [5.74, 6) is 0.383. The summed E-state index contributed by atoms with van der Waals surface area (Å²) < 4.78 is 24.9. The number of nitrogens with one attached hydrogen (secondary N) is 3. The number of halogens is 1. The molecular formula is C28H33FN4O4. The van der Waals surface area contributed by atoms with E-state index in [-0.39, 0.29) is 36.3 Å². The van der Waals surface area contributed by atoms with Crippen molar-refractivity contribution in [3.8, 4) is 16.9 Å². The number of H-pyrrole nitrogens is 1. The van der Waals surface area contributed by atoms with Crippen LogP contribution in [0.15, 0.2) is 30.5 Å². The molecule has 0 spiro atoms. The van der Waals surface area contributed by atoms with Gasteiger partial charge >= 0.3 is 0 Å². The molecule has 2 aromatic heterocycles. The quantitative estimate of drug-likeness (QED) is 0.400. The number of carbonyl (C=O) groups excluding carboxylic acids is 2. The molecule has 2 aliphatic rings. The van der Waals surface area contributed by atoms with Crippen LogP contribution in [0, 0.1) is 18.7 Å². The Morgan fingerprint density at radius 3 is 2.49 bits per heavy atom. The highest BCUT2D eigenvalue weighted by Gasteiger charge is 2.27. The number of amides is 2. The summed E-state index contributed by atoms with van der Waals surface area (Å²) >= 11 is 0. The maximum Gasteiger partial charge on any atom is 0.255 e. The van der Waals surface area contributed by atoms with E-state index in [4.69, 9.17) is 9.47 Å². The van der Waals surface area contributed by atoms with Gasteiger partial charge in [-0.25, -0.2) is 4.39 Å². The number of benzene rings is 1. The van der Waals surface area contributed by atoms with Crippen LogP contribution in [0.4, 0.5) is 4.39 Å². The molecule has 9 heteroatoms. The first-order valence-corrected chi connectivity index (χ1v) is 12.9. The fraction of sp³-hybridized carbons (Fsp3) is 0.464. The Labute approximate surface area is 215 Å². The molecular weight excluding hydrogens is 475 g/mol. The number of aromatic nitrogens is 2. The Hall–Kier alpha value is -3.46. The van der Waals surface area contributed by atoms with Gasteiger partial charge in [-0.2, -0.15) is 0 Å². The lowest BCUT2D eigenvalue weighted by Crippen LogP contribution is -2.44. The molecule has 0 aliphatic heterocycles. The van der Waals surface area contributed by atoms with Crippen LogP contribution >= 0.6 is 0 Å². The lowest BCUT2D eigenvalue weighted by atomic mass is 9.91. The minimum absolute atomic E-state index is 0.0233. The van der Waals surface area contributed by atoms with Crippen LogP contribution in [0.5, 0.6) is 5.75 Å². The molecule has 0 atom stereocenters. The first kappa shape index (κ1) is 25.2. The van der Waals surface area contributed by atoms with E-state index in [2.05, 4.69) is 20.6 Å². The summed E-state index contributed by atoms with van der Waals surface area (Å²) in [5.41, 5.74) is 4.09. The summed E-state index contributed by atoms with van der Waals surface area (Å²) in [6.45, 7) is 2.48. The topological polar surface area (TPSA) is 105 Å². The normalized spacial score (nSPS) is 19.5. The Morgan fingerprint density at radius 2 is 1.78 bits per heavy atom. The van der Waals surface area contributed by atoms with Crippen LogP contribution in [-0.4, -0.2) is 54.2 Å². The second kappa shape index (κ2) is 10.9. The second-order valence-corrected chi connectivity index (χ2v) is 10.1. The first-order valence-electron chi connectivity index (χ1n) is 12.9. The molecule has 3 N–H and O–H groups in total. The molecule has 196 valence electrons. The smallest absolute Gasteiger partial charge is 0.255 e. The lowest BCUT2D eigenvalue weighted by molar-refractivity contribution is -0.125. The van der Waals surface area contributed by atoms with Crippen LogP contribution in [-0.2, 0) is 9.53 Å². The molecule has 0 bridgehead atoms. The van der Waals surface area contributed by atoms with E-state index in [1.54, 1.807) is 12.3 Å². The Morgan fingerprint density at radius 1 is 1.05 bits per heavy atom. The van der Waals surface area contributed by atoms with E-state index in [1.807, 2.05) is 13.0 Å². The number of fused-ring (bicyclic) bond motifs is 1. The number of hydrogen-bond donors (Lipinski definition) is 3. The molecule has 0 saturated heterocycles. The van der Waals surface area contributed by atoms with Crippen molar-refractivity contribution >= 4 is 22.8 Å². The summed E-state index contributed by atoms with van der Waals surface area (Å²) in [7, 11) is 1.50. The minimum Gasteiger partial charge on any atom is -0.493 e. The zero-order valence-corrected chi connectivity index (χ0v) is 21.2. The number of rotatable bonds is 9. The molecule has 8 nitrogen and oxygen atoms in total. The van der Waals surface area contributed by atoms with Gasteiger partial charge in [-0.15, -0.1) is 0 Å². The average molecular weight is 509 g/mol. The number of nitrogens with zero attached hydrogens (tertiary/aromatic N) is 1. The van der Waals surface area contributed by atoms with Crippen LogP contribution in [0.2, 0.25) is 0 Å². The number of hydrogen-bond acceptors (Lipinski definition) is 5. The number of methoxy groups -OCH3 is 1. The number of ether oxygens (including phenoxy) is 2. The van der Waals surface area contributed by atoms with Crippen molar-refractivity contribution in [3.63, 3.8) is 0 Å². The molecule has 0 radical (unpaired) electrons.